The number of carbonyl (C=O) groups is 2. The minimum atomic E-state index is -4.20. The first-order valence-corrected chi connectivity index (χ1v) is 15.5. The molecule has 0 aliphatic rings. The van der Waals surface area contributed by atoms with Crippen molar-refractivity contribution in [2.75, 3.05) is 25.0 Å². The number of anilines is 1. The van der Waals surface area contributed by atoms with Crippen LogP contribution in [0.1, 0.15) is 16.7 Å². The maximum absolute atomic E-state index is 14.3. The Balaban J connectivity index is 1.79. The van der Waals surface area contributed by atoms with Crippen LogP contribution in [-0.4, -0.2) is 51.9 Å². The third-order valence-corrected chi connectivity index (χ3v) is 9.05. The highest BCUT2D eigenvalue weighted by molar-refractivity contribution is 7.92. The summed E-state index contributed by atoms with van der Waals surface area (Å²) in [6.07, 6.45) is 0.227. The normalized spacial score (nSPS) is 11.8. The fourth-order valence-electron chi connectivity index (χ4n) is 4.66. The number of halogens is 1. The lowest BCUT2D eigenvalue weighted by Crippen LogP contribution is -2.53. The predicted octanol–water partition coefficient (Wildman–Crippen LogP) is 5.24. The Kier molecular flexibility index (Phi) is 10.4. The minimum absolute atomic E-state index is 0.0169. The molecule has 0 aliphatic carbocycles. The molecule has 43 heavy (non-hydrogen) atoms. The fourth-order valence-corrected chi connectivity index (χ4v) is 6.20. The van der Waals surface area contributed by atoms with Crippen molar-refractivity contribution in [3.63, 3.8) is 0 Å². The van der Waals surface area contributed by atoms with Crippen molar-refractivity contribution < 1.29 is 22.7 Å². The van der Waals surface area contributed by atoms with E-state index in [1.165, 1.54) is 36.2 Å². The highest BCUT2D eigenvalue weighted by Gasteiger charge is 2.34. The second kappa shape index (κ2) is 14.2. The first kappa shape index (κ1) is 31.6. The molecular formula is C33H34ClN3O5S. The van der Waals surface area contributed by atoms with E-state index in [1.54, 1.807) is 49.6 Å². The zero-order valence-electron chi connectivity index (χ0n) is 24.2. The molecule has 0 spiro atoms. The second-order valence-electron chi connectivity index (χ2n) is 9.99. The van der Waals surface area contributed by atoms with E-state index in [0.717, 1.165) is 21.0 Å². The molecule has 1 N–H and O–H groups in total. The molecule has 0 aromatic heterocycles. The van der Waals surface area contributed by atoms with E-state index < -0.39 is 28.5 Å². The smallest absolute Gasteiger partial charge is 0.264 e. The standard InChI is InChI=1S/C33H34ClN3O5S/c1-24-12-16-28(17-13-24)37(43(40,41)30-18-14-27(34)15-19-30)23-32(38)36(22-26-10-7-11-29(20-26)42-3)31(33(39)35-2)21-25-8-5-4-6-9-25/h4-20,31H,21-23H2,1-3H3,(H,35,39)/t31-/m0/s1. The van der Waals surface area contributed by atoms with Gasteiger partial charge in [0, 0.05) is 25.0 Å². The van der Waals surface area contributed by atoms with Crippen molar-refractivity contribution in [2.24, 2.45) is 0 Å². The molecule has 4 aromatic carbocycles. The number of hydrogen-bond acceptors (Lipinski definition) is 5. The number of ether oxygens (including phenoxy) is 1. The Labute approximate surface area is 257 Å². The van der Waals surface area contributed by atoms with Gasteiger partial charge in [-0.15, -0.1) is 0 Å². The Morgan fingerprint density at radius 2 is 1.53 bits per heavy atom. The molecule has 0 unspecified atom stereocenters. The van der Waals surface area contributed by atoms with Gasteiger partial charge in [0.1, 0.15) is 18.3 Å². The van der Waals surface area contributed by atoms with E-state index in [-0.39, 0.29) is 23.8 Å². The van der Waals surface area contributed by atoms with Crippen LogP contribution in [-0.2, 0) is 32.6 Å². The maximum atomic E-state index is 14.3. The predicted molar refractivity (Wildman–Crippen MR) is 169 cm³/mol. The monoisotopic (exact) mass is 619 g/mol. The summed E-state index contributed by atoms with van der Waals surface area (Å²) in [6, 6.07) is 28.3. The van der Waals surface area contributed by atoms with Crippen LogP contribution in [0, 0.1) is 6.92 Å². The number of likely N-dealkylation sites (N-methyl/N-ethyl adjacent to an activating group) is 1. The molecule has 0 fully saturated rings. The van der Waals surface area contributed by atoms with Crippen LogP contribution in [0.25, 0.3) is 0 Å². The molecule has 8 nitrogen and oxygen atoms in total. The number of nitrogens with one attached hydrogen (secondary N) is 1. The molecule has 0 heterocycles. The highest BCUT2D eigenvalue weighted by Crippen LogP contribution is 2.26. The third-order valence-electron chi connectivity index (χ3n) is 7.01. The van der Waals surface area contributed by atoms with Crippen molar-refractivity contribution in [2.45, 2.75) is 30.8 Å². The number of sulfonamides is 1. The number of amides is 2. The van der Waals surface area contributed by atoms with Gasteiger partial charge in [-0.05, 0) is 66.6 Å². The third kappa shape index (κ3) is 7.94. The summed E-state index contributed by atoms with van der Waals surface area (Å²) >= 11 is 6.03. The van der Waals surface area contributed by atoms with Gasteiger partial charge in [-0.25, -0.2) is 8.42 Å². The molecule has 10 heteroatoms. The zero-order valence-corrected chi connectivity index (χ0v) is 25.8. The van der Waals surface area contributed by atoms with Crippen LogP contribution in [0.3, 0.4) is 0 Å². The van der Waals surface area contributed by atoms with Crippen molar-refractivity contribution in [3.8, 4) is 5.75 Å². The quantitative estimate of drug-likeness (QED) is 0.234. The summed E-state index contributed by atoms with van der Waals surface area (Å²) in [5, 5.41) is 3.06. The van der Waals surface area contributed by atoms with Crippen molar-refractivity contribution in [3.05, 3.63) is 125 Å². The second-order valence-corrected chi connectivity index (χ2v) is 12.3. The summed E-state index contributed by atoms with van der Waals surface area (Å²) in [6.45, 7) is 1.39. The molecule has 0 radical (unpaired) electrons. The topological polar surface area (TPSA) is 96.0 Å². The van der Waals surface area contributed by atoms with Gasteiger partial charge >= 0.3 is 0 Å². The van der Waals surface area contributed by atoms with Gasteiger partial charge in [0.05, 0.1) is 17.7 Å². The Morgan fingerprint density at radius 1 is 0.884 bits per heavy atom. The summed E-state index contributed by atoms with van der Waals surface area (Å²) in [5.74, 6) is -0.330. The van der Waals surface area contributed by atoms with Gasteiger partial charge in [0.15, 0.2) is 0 Å². The van der Waals surface area contributed by atoms with Gasteiger partial charge in [0.2, 0.25) is 11.8 Å². The largest absolute Gasteiger partial charge is 0.497 e. The van der Waals surface area contributed by atoms with Gasteiger partial charge in [-0.2, -0.15) is 0 Å². The molecule has 0 aliphatic heterocycles. The zero-order chi connectivity index (χ0) is 31.0. The van der Waals surface area contributed by atoms with Crippen LogP contribution in [0.4, 0.5) is 5.69 Å². The molecule has 2 amide bonds. The molecular weight excluding hydrogens is 586 g/mol. The lowest BCUT2D eigenvalue weighted by Gasteiger charge is -2.33. The van der Waals surface area contributed by atoms with Crippen LogP contribution in [0.5, 0.6) is 5.75 Å². The molecule has 0 bridgehead atoms. The summed E-state index contributed by atoms with van der Waals surface area (Å²) < 4.78 is 34.4. The Hall–Kier alpha value is -4.34. The van der Waals surface area contributed by atoms with Crippen molar-refractivity contribution >= 4 is 39.1 Å². The average molecular weight is 620 g/mol. The number of benzene rings is 4. The molecule has 4 aromatic rings. The first-order valence-electron chi connectivity index (χ1n) is 13.6. The fraction of sp³-hybridized carbons (Fsp3) is 0.212. The van der Waals surface area contributed by atoms with E-state index in [9.17, 15) is 18.0 Å². The van der Waals surface area contributed by atoms with E-state index in [0.29, 0.717) is 16.5 Å². The Bertz CT molecular complexity index is 1650. The van der Waals surface area contributed by atoms with E-state index in [4.69, 9.17) is 16.3 Å². The summed E-state index contributed by atoms with van der Waals surface area (Å²) in [5.41, 5.74) is 2.82. The van der Waals surface area contributed by atoms with Crippen LogP contribution in [0.2, 0.25) is 5.02 Å². The maximum Gasteiger partial charge on any atom is 0.264 e. The molecule has 0 saturated heterocycles. The van der Waals surface area contributed by atoms with Gasteiger partial charge in [-0.1, -0.05) is 71.8 Å². The summed E-state index contributed by atoms with van der Waals surface area (Å²) in [4.78, 5) is 29.1. The number of hydrogen-bond donors (Lipinski definition) is 1. The van der Waals surface area contributed by atoms with Crippen LogP contribution in [0.15, 0.2) is 108 Å². The number of aryl methyl sites for hydroxylation is 1. The SMILES string of the molecule is CNC(=O)[C@H](Cc1ccccc1)N(Cc1cccc(OC)c1)C(=O)CN(c1ccc(C)cc1)S(=O)(=O)c1ccc(Cl)cc1. The van der Waals surface area contributed by atoms with Crippen molar-refractivity contribution in [1.82, 2.24) is 10.2 Å². The van der Waals surface area contributed by atoms with Gasteiger partial charge < -0.3 is 15.0 Å². The molecule has 4 rings (SSSR count). The number of methoxy groups -OCH3 is 1. The first-order chi connectivity index (χ1) is 20.6. The van der Waals surface area contributed by atoms with E-state index in [1.807, 2.05) is 43.3 Å². The van der Waals surface area contributed by atoms with E-state index >= 15 is 0 Å². The lowest BCUT2D eigenvalue weighted by molar-refractivity contribution is -0.139. The number of nitrogens with zero attached hydrogens (tertiary/aromatic N) is 2. The lowest BCUT2D eigenvalue weighted by atomic mass is 10.0. The summed E-state index contributed by atoms with van der Waals surface area (Å²) in [7, 11) is -1.14. The highest BCUT2D eigenvalue weighted by atomic mass is 35.5. The average Bonchev–Trinajstić information content (AvgIpc) is 3.02. The van der Waals surface area contributed by atoms with Crippen molar-refractivity contribution in [1.29, 1.82) is 0 Å². The minimum Gasteiger partial charge on any atom is -0.497 e. The van der Waals surface area contributed by atoms with Crippen LogP contribution >= 0.6 is 11.6 Å². The Morgan fingerprint density at radius 3 is 2.16 bits per heavy atom. The van der Waals surface area contributed by atoms with Gasteiger partial charge in [0.25, 0.3) is 10.0 Å². The molecule has 224 valence electrons. The molecule has 1 atom stereocenters. The number of rotatable bonds is 12. The van der Waals surface area contributed by atoms with Gasteiger partial charge in [-0.3, -0.25) is 13.9 Å². The van der Waals surface area contributed by atoms with E-state index in [2.05, 4.69) is 5.32 Å². The molecule has 0 saturated carbocycles. The number of carbonyl (C=O) groups excluding carboxylic acids is 2. The van der Waals surface area contributed by atoms with Crippen LogP contribution < -0.4 is 14.4 Å².